The summed E-state index contributed by atoms with van der Waals surface area (Å²) in [7, 11) is 1.67. The Kier molecular flexibility index (Phi) is 5.58. The fourth-order valence-electron chi connectivity index (χ4n) is 4.66. The van der Waals surface area contributed by atoms with Gasteiger partial charge in [-0.3, -0.25) is 4.79 Å². The highest BCUT2D eigenvalue weighted by atomic mass is 35.5. The van der Waals surface area contributed by atoms with E-state index >= 15 is 0 Å². The molecular formula is C26H22Cl2N2O2. The zero-order valence-corrected chi connectivity index (χ0v) is 19.0. The first-order valence-corrected chi connectivity index (χ1v) is 11.3. The molecule has 3 aromatic carbocycles. The summed E-state index contributed by atoms with van der Waals surface area (Å²) < 4.78 is 5.58. The third kappa shape index (κ3) is 3.74. The van der Waals surface area contributed by atoms with Crippen LogP contribution in [0.25, 0.3) is 0 Å². The number of para-hydroxylation sites is 3. The van der Waals surface area contributed by atoms with Crippen LogP contribution in [0.5, 0.6) is 5.75 Å². The molecule has 4 nitrogen and oxygen atoms in total. The van der Waals surface area contributed by atoms with E-state index in [9.17, 15) is 4.79 Å². The van der Waals surface area contributed by atoms with Crippen LogP contribution in [-0.4, -0.2) is 12.9 Å². The molecule has 0 fully saturated rings. The molecule has 1 heterocycles. The number of nitrogens with one attached hydrogen (secondary N) is 2. The second-order valence-electron chi connectivity index (χ2n) is 8.08. The van der Waals surface area contributed by atoms with Crippen molar-refractivity contribution in [2.24, 2.45) is 0 Å². The molecule has 0 aromatic heterocycles. The van der Waals surface area contributed by atoms with Crippen LogP contribution in [0.2, 0.25) is 10.0 Å². The van der Waals surface area contributed by atoms with Crippen LogP contribution in [0.3, 0.4) is 0 Å². The first kappa shape index (κ1) is 20.9. The molecule has 6 heteroatoms. The van der Waals surface area contributed by atoms with Gasteiger partial charge in [0.1, 0.15) is 5.75 Å². The van der Waals surface area contributed by atoms with Crippen molar-refractivity contribution in [3.05, 3.63) is 99.2 Å². The predicted octanol–water partition coefficient (Wildman–Crippen LogP) is 6.98. The topological polar surface area (TPSA) is 50.4 Å². The number of fused-ring (bicyclic) bond motifs is 1. The van der Waals surface area contributed by atoms with E-state index in [1.807, 2.05) is 60.7 Å². The number of carbonyl (C=O) groups excluding carboxylic acids is 1. The van der Waals surface area contributed by atoms with E-state index in [4.69, 9.17) is 27.9 Å². The van der Waals surface area contributed by atoms with Crippen molar-refractivity contribution in [1.29, 1.82) is 0 Å². The van der Waals surface area contributed by atoms with Crippen molar-refractivity contribution >= 4 is 40.4 Å². The molecule has 1 aliphatic heterocycles. The van der Waals surface area contributed by atoms with Crippen LogP contribution in [0.1, 0.15) is 35.9 Å². The van der Waals surface area contributed by atoms with Crippen molar-refractivity contribution in [2.45, 2.75) is 24.8 Å². The Labute approximate surface area is 197 Å². The first-order chi connectivity index (χ1) is 15.5. The standard InChI is InChI=1S/C26H22Cl2N2O2/c1-32-24-9-5-2-6-17(24)16-13-22-25(23(31)14-16)26(15-10-11-18(27)19(28)12-15)30-21-8-4-3-7-20(21)29-22/h2-12,16,26,29-30H,13-14H2,1H3. The number of anilines is 2. The quantitative estimate of drug-likeness (QED) is 0.438. The maximum Gasteiger partial charge on any atom is 0.163 e. The zero-order chi connectivity index (χ0) is 22.2. The van der Waals surface area contributed by atoms with Crippen LogP contribution < -0.4 is 15.4 Å². The predicted molar refractivity (Wildman–Crippen MR) is 130 cm³/mol. The molecule has 0 saturated carbocycles. The number of halogens is 2. The molecule has 162 valence electrons. The van der Waals surface area contributed by atoms with Crippen molar-refractivity contribution in [2.75, 3.05) is 17.7 Å². The second kappa shape index (κ2) is 8.53. The number of methoxy groups -OCH3 is 1. The van der Waals surface area contributed by atoms with Gasteiger partial charge in [0.2, 0.25) is 0 Å². The van der Waals surface area contributed by atoms with Gasteiger partial charge in [-0.1, -0.05) is 59.6 Å². The van der Waals surface area contributed by atoms with Crippen LogP contribution in [0.4, 0.5) is 11.4 Å². The van der Waals surface area contributed by atoms with Crippen LogP contribution >= 0.6 is 23.2 Å². The fraction of sp³-hybridized carbons (Fsp3) is 0.192. The van der Waals surface area contributed by atoms with Gasteiger partial charge in [0.05, 0.1) is 34.6 Å². The third-order valence-electron chi connectivity index (χ3n) is 6.16. The van der Waals surface area contributed by atoms with E-state index in [1.54, 1.807) is 13.2 Å². The average molecular weight is 465 g/mol. The summed E-state index contributed by atoms with van der Waals surface area (Å²) >= 11 is 12.5. The molecule has 1 aliphatic carbocycles. The number of rotatable bonds is 3. The van der Waals surface area contributed by atoms with E-state index in [0.717, 1.165) is 39.5 Å². The van der Waals surface area contributed by atoms with Gasteiger partial charge in [0.15, 0.2) is 5.78 Å². The summed E-state index contributed by atoms with van der Waals surface area (Å²) in [5.41, 5.74) is 5.48. The zero-order valence-electron chi connectivity index (χ0n) is 17.5. The summed E-state index contributed by atoms with van der Waals surface area (Å²) in [6.07, 6.45) is 1.12. The number of carbonyl (C=O) groups is 1. The number of hydrogen-bond donors (Lipinski definition) is 2. The van der Waals surface area contributed by atoms with Gasteiger partial charge in [-0.2, -0.15) is 0 Å². The fourth-order valence-corrected chi connectivity index (χ4v) is 4.96. The molecule has 0 amide bonds. The largest absolute Gasteiger partial charge is 0.496 e. The van der Waals surface area contributed by atoms with E-state index < -0.39 is 0 Å². The number of ether oxygens (including phenoxy) is 1. The van der Waals surface area contributed by atoms with E-state index in [2.05, 4.69) is 10.6 Å². The molecule has 0 radical (unpaired) electrons. The summed E-state index contributed by atoms with van der Waals surface area (Å²) in [4.78, 5) is 13.6. The van der Waals surface area contributed by atoms with Crippen LogP contribution in [0.15, 0.2) is 78.0 Å². The maximum absolute atomic E-state index is 13.6. The summed E-state index contributed by atoms with van der Waals surface area (Å²) in [6, 6.07) is 21.1. The number of ketones is 1. The summed E-state index contributed by atoms with van der Waals surface area (Å²) in [5.74, 6) is 0.943. The highest BCUT2D eigenvalue weighted by Crippen LogP contribution is 2.46. The second-order valence-corrected chi connectivity index (χ2v) is 8.90. The number of allylic oxidation sites excluding steroid dienone is 1. The van der Waals surface area contributed by atoms with Crippen molar-refractivity contribution in [3.63, 3.8) is 0 Å². The van der Waals surface area contributed by atoms with Gasteiger partial charge in [-0.15, -0.1) is 0 Å². The highest BCUT2D eigenvalue weighted by Gasteiger charge is 2.36. The Hall–Kier alpha value is -2.95. The lowest BCUT2D eigenvalue weighted by Gasteiger charge is -2.30. The average Bonchev–Trinajstić information content (AvgIpc) is 2.97. The van der Waals surface area contributed by atoms with Gasteiger partial charge < -0.3 is 15.4 Å². The van der Waals surface area contributed by atoms with Gasteiger partial charge in [-0.25, -0.2) is 0 Å². The van der Waals surface area contributed by atoms with Crippen molar-refractivity contribution < 1.29 is 9.53 Å². The minimum Gasteiger partial charge on any atom is -0.496 e. The van der Waals surface area contributed by atoms with Crippen molar-refractivity contribution in [1.82, 2.24) is 0 Å². The Bertz CT molecular complexity index is 1240. The van der Waals surface area contributed by atoms with Gasteiger partial charge >= 0.3 is 0 Å². The van der Waals surface area contributed by atoms with Gasteiger partial charge in [-0.05, 0) is 47.9 Å². The van der Waals surface area contributed by atoms with Gasteiger partial charge in [0, 0.05) is 23.6 Å². The third-order valence-corrected chi connectivity index (χ3v) is 6.90. The number of Topliss-reactive ketones (excluding diaryl/α,β-unsaturated/α-hetero) is 1. The monoisotopic (exact) mass is 464 g/mol. The highest BCUT2D eigenvalue weighted by molar-refractivity contribution is 6.42. The smallest absolute Gasteiger partial charge is 0.163 e. The Morgan fingerprint density at radius 3 is 2.44 bits per heavy atom. The van der Waals surface area contributed by atoms with E-state index in [-0.39, 0.29) is 17.7 Å². The minimum absolute atomic E-state index is 0.0321. The molecule has 5 rings (SSSR count). The lowest BCUT2D eigenvalue weighted by atomic mass is 9.78. The van der Waals surface area contributed by atoms with Gasteiger partial charge in [0.25, 0.3) is 0 Å². The molecule has 32 heavy (non-hydrogen) atoms. The van der Waals surface area contributed by atoms with E-state index in [1.165, 1.54) is 0 Å². The first-order valence-electron chi connectivity index (χ1n) is 10.5. The molecule has 3 aromatic rings. The normalized spacial score (nSPS) is 19.9. The Morgan fingerprint density at radius 2 is 1.66 bits per heavy atom. The number of benzene rings is 3. The SMILES string of the molecule is COc1ccccc1C1CC(=O)C2=C(C1)Nc1ccccc1NC2c1ccc(Cl)c(Cl)c1. The van der Waals surface area contributed by atoms with Crippen LogP contribution in [-0.2, 0) is 4.79 Å². The number of hydrogen-bond acceptors (Lipinski definition) is 4. The summed E-state index contributed by atoms with van der Waals surface area (Å²) in [6.45, 7) is 0. The lowest BCUT2D eigenvalue weighted by molar-refractivity contribution is -0.116. The molecule has 2 N–H and O–H groups in total. The molecule has 0 spiro atoms. The molecule has 0 bridgehead atoms. The molecule has 2 aliphatic rings. The molecule has 2 atom stereocenters. The summed E-state index contributed by atoms with van der Waals surface area (Å²) in [5, 5.41) is 8.07. The van der Waals surface area contributed by atoms with E-state index in [0.29, 0.717) is 22.9 Å². The Balaban J connectivity index is 1.62. The molecule has 0 saturated heterocycles. The van der Waals surface area contributed by atoms with Crippen LogP contribution in [0, 0.1) is 0 Å². The minimum atomic E-state index is -0.331. The molecule has 2 unspecified atom stereocenters. The Morgan fingerprint density at radius 1 is 0.906 bits per heavy atom. The van der Waals surface area contributed by atoms with Crippen molar-refractivity contribution in [3.8, 4) is 5.75 Å². The molecular weight excluding hydrogens is 443 g/mol. The maximum atomic E-state index is 13.6. The lowest BCUT2D eigenvalue weighted by Crippen LogP contribution is -2.27.